The maximum absolute atomic E-state index is 13.1. The highest BCUT2D eigenvalue weighted by Gasteiger charge is 2.36. The van der Waals surface area contributed by atoms with Crippen LogP contribution < -0.4 is 4.90 Å². The maximum Gasteiger partial charge on any atom is 0.253 e. The summed E-state index contributed by atoms with van der Waals surface area (Å²) in [5.41, 5.74) is 1.41. The average molecular weight is 387 g/mol. The molecule has 0 unspecified atom stereocenters. The van der Waals surface area contributed by atoms with Crippen LogP contribution in [0.3, 0.4) is 0 Å². The lowest BCUT2D eigenvalue weighted by atomic mass is 9.96. The highest BCUT2D eigenvalue weighted by Crippen LogP contribution is 2.28. The molecule has 3 aliphatic rings. The quantitative estimate of drug-likeness (QED) is 0.810. The molecule has 1 aromatic rings. The van der Waals surface area contributed by atoms with Crippen LogP contribution in [0.25, 0.3) is 0 Å². The highest BCUT2D eigenvalue weighted by atomic mass is 16.5. The number of hydrogen-bond acceptors (Lipinski definition) is 5. The summed E-state index contributed by atoms with van der Waals surface area (Å²) >= 11 is 0. The standard InChI is InChI=1S/C21H29N3O4/c25-15-18-14-23(13-17(18)12-22-7-9-28-10-8-22)21(27)16-3-1-4-19(11-16)24-6-2-5-20(24)26/h1,3-4,11,17-18,25H,2,5-10,12-15H2/t17-,18-/m0/s1. The van der Waals surface area contributed by atoms with Gasteiger partial charge in [0.15, 0.2) is 0 Å². The Balaban J connectivity index is 1.43. The predicted molar refractivity (Wildman–Crippen MR) is 105 cm³/mol. The second kappa shape index (κ2) is 8.59. The van der Waals surface area contributed by atoms with Crippen molar-refractivity contribution in [3.8, 4) is 0 Å². The van der Waals surface area contributed by atoms with Gasteiger partial charge >= 0.3 is 0 Å². The number of benzene rings is 1. The Morgan fingerprint density at radius 3 is 2.64 bits per heavy atom. The Kier molecular flexibility index (Phi) is 5.94. The third-order valence-corrected chi connectivity index (χ3v) is 6.17. The van der Waals surface area contributed by atoms with Crippen molar-refractivity contribution in [2.45, 2.75) is 12.8 Å². The zero-order valence-corrected chi connectivity index (χ0v) is 16.3. The predicted octanol–water partition coefficient (Wildman–Crippen LogP) is 0.826. The fourth-order valence-corrected chi connectivity index (χ4v) is 4.54. The molecule has 28 heavy (non-hydrogen) atoms. The van der Waals surface area contributed by atoms with Gasteiger partial charge in [0.2, 0.25) is 5.91 Å². The topological polar surface area (TPSA) is 73.3 Å². The molecule has 2 atom stereocenters. The number of aliphatic hydroxyl groups is 1. The SMILES string of the molecule is O=C(c1cccc(N2CCCC2=O)c1)N1C[C@@H](CO)[C@@H](CN2CCOCC2)C1. The second-order valence-electron chi connectivity index (χ2n) is 8.03. The molecule has 1 aromatic carbocycles. The van der Waals surface area contributed by atoms with E-state index in [-0.39, 0.29) is 30.3 Å². The van der Waals surface area contributed by atoms with E-state index in [0.717, 1.165) is 45.0 Å². The molecule has 0 bridgehead atoms. The number of carbonyl (C=O) groups excluding carboxylic acids is 2. The molecular formula is C21H29N3O4. The molecule has 0 aromatic heterocycles. The molecule has 0 aliphatic carbocycles. The first-order valence-electron chi connectivity index (χ1n) is 10.3. The van der Waals surface area contributed by atoms with Gasteiger partial charge in [-0.2, -0.15) is 0 Å². The zero-order valence-electron chi connectivity index (χ0n) is 16.3. The molecule has 3 fully saturated rings. The number of morpholine rings is 1. The molecule has 0 spiro atoms. The number of amides is 2. The lowest BCUT2D eigenvalue weighted by molar-refractivity contribution is -0.117. The number of carbonyl (C=O) groups is 2. The number of rotatable bonds is 5. The zero-order chi connectivity index (χ0) is 19.5. The first-order chi connectivity index (χ1) is 13.7. The van der Waals surface area contributed by atoms with E-state index < -0.39 is 0 Å². The minimum Gasteiger partial charge on any atom is -0.396 e. The third-order valence-electron chi connectivity index (χ3n) is 6.17. The van der Waals surface area contributed by atoms with Crippen LogP contribution in [0.2, 0.25) is 0 Å². The van der Waals surface area contributed by atoms with E-state index in [1.807, 2.05) is 29.2 Å². The van der Waals surface area contributed by atoms with Crippen LogP contribution in [0.15, 0.2) is 24.3 Å². The number of anilines is 1. The summed E-state index contributed by atoms with van der Waals surface area (Å²) in [6, 6.07) is 7.38. The van der Waals surface area contributed by atoms with E-state index in [1.165, 1.54) is 0 Å². The van der Waals surface area contributed by atoms with Crippen LogP contribution in [-0.4, -0.2) is 85.8 Å². The van der Waals surface area contributed by atoms with Crippen LogP contribution in [-0.2, 0) is 9.53 Å². The van der Waals surface area contributed by atoms with E-state index >= 15 is 0 Å². The van der Waals surface area contributed by atoms with Gasteiger partial charge < -0.3 is 19.6 Å². The summed E-state index contributed by atoms with van der Waals surface area (Å²) < 4.78 is 5.41. The Hall–Kier alpha value is -1.96. The van der Waals surface area contributed by atoms with Crippen LogP contribution in [0, 0.1) is 11.8 Å². The molecule has 7 nitrogen and oxygen atoms in total. The van der Waals surface area contributed by atoms with Gasteiger partial charge in [-0.05, 0) is 30.5 Å². The van der Waals surface area contributed by atoms with E-state index in [1.54, 1.807) is 4.90 Å². The molecule has 3 saturated heterocycles. The van der Waals surface area contributed by atoms with Crippen LogP contribution in [0.5, 0.6) is 0 Å². The van der Waals surface area contributed by atoms with Crippen molar-refractivity contribution >= 4 is 17.5 Å². The number of aliphatic hydroxyl groups excluding tert-OH is 1. The average Bonchev–Trinajstić information content (AvgIpc) is 3.34. The molecule has 0 radical (unpaired) electrons. The van der Waals surface area contributed by atoms with Gasteiger partial charge in [0.05, 0.1) is 13.2 Å². The smallest absolute Gasteiger partial charge is 0.253 e. The van der Waals surface area contributed by atoms with Crippen molar-refractivity contribution in [2.24, 2.45) is 11.8 Å². The normalized spacial score (nSPS) is 26.2. The van der Waals surface area contributed by atoms with Gasteiger partial charge in [0, 0.05) is 69.5 Å². The van der Waals surface area contributed by atoms with Crippen LogP contribution in [0.1, 0.15) is 23.2 Å². The summed E-state index contributed by atoms with van der Waals surface area (Å²) in [5.74, 6) is 0.485. The largest absolute Gasteiger partial charge is 0.396 e. The van der Waals surface area contributed by atoms with E-state index in [4.69, 9.17) is 4.74 Å². The lowest BCUT2D eigenvalue weighted by Crippen LogP contribution is -2.41. The fourth-order valence-electron chi connectivity index (χ4n) is 4.54. The number of nitrogens with zero attached hydrogens (tertiary/aromatic N) is 3. The fraction of sp³-hybridized carbons (Fsp3) is 0.619. The molecule has 152 valence electrons. The summed E-state index contributed by atoms with van der Waals surface area (Å²) in [5, 5.41) is 9.83. The van der Waals surface area contributed by atoms with Crippen molar-refractivity contribution in [2.75, 3.05) is 64.0 Å². The second-order valence-corrected chi connectivity index (χ2v) is 8.03. The third kappa shape index (κ3) is 4.06. The van der Waals surface area contributed by atoms with Crippen molar-refractivity contribution in [1.29, 1.82) is 0 Å². The Morgan fingerprint density at radius 1 is 1.14 bits per heavy atom. The number of hydrogen-bond donors (Lipinski definition) is 1. The molecule has 2 amide bonds. The van der Waals surface area contributed by atoms with Crippen molar-refractivity contribution in [3.05, 3.63) is 29.8 Å². The number of likely N-dealkylation sites (tertiary alicyclic amines) is 1. The summed E-state index contributed by atoms with van der Waals surface area (Å²) in [7, 11) is 0. The summed E-state index contributed by atoms with van der Waals surface area (Å²) in [4.78, 5) is 31.1. The van der Waals surface area contributed by atoms with Gasteiger partial charge in [0.25, 0.3) is 5.91 Å². The lowest BCUT2D eigenvalue weighted by Gasteiger charge is -2.30. The first kappa shape index (κ1) is 19.4. The van der Waals surface area contributed by atoms with E-state index in [0.29, 0.717) is 31.6 Å². The van der Waals surface area contributed by atoms with E-state index in [2.05, 4.69) is 4.90 Å². The Labute approximate surface area is 165 Å². The Morgan fingerprint density at radius 2 is 1.93 bits per heavy atom. The monoisotopic (exact) mass is 387 g/mol. The molecule has 0 saturated carbocycles. The van der Waals surface area contributed by atoms with Gasteiger partial charge in [-0.15, -0.1) is 0 Å². The maximum atomic E-state index is 13.1. The number of ether oxygens (including phenoxy) is 1. The molecule has 3 heterocycles. The molecule has 3 aliphatic heterocycles. The molecule has 4 rings (SSSR count). The van der Waals surface area contributed by atoms with Gasteiger partial charge in [0.1, 0.15) is 0 Å². The van der Waals surface area contributed by atoms with Crippen molar-refractivity contribution in [3.63, 3.8) is 0 Å². The minimum atomic E-state index is -0.0172. The van der Waals surface area contributed by atoms with Crippen LogP contribution in [0.4, 0.5) is 5.69 Å². The van der Waals surface area contributed by atoms with Gasteiger partial charge in [-0.25, -0.2) is 0 Å². The molecular weight excluding hydrogens is 358 g/mol. The van der Waals surface area contributed by atoms with Crippen molar-refractivity contribution < 1.29 is 19.4 Å². The van der Waals surface area contributed by atoms with E-state index in [9.17, 15) is 14.7 Å². The first-order valence-corrected chi connectivity index (χ1v) is 10.3. The van der Waals surface area contributed by atoms with Gasteiger partial charge in [-0.1, -0.05) is 6.07 Å². The van der Waals surface area contributed by atoms with Gasteiger partial charge in [-0.3, -0.25) is 14.5 Å². The molecule has 7 heteroatoms. The highest BCUT2D eigenvalue weighted by molar-refractivity contribution is 5.99. The van der Waals surface area contributed by atoms with Crippen molar-refractivity contribution in [1.82, 2.24) is 9.80 Å². The van der Waals surface area contributed by atoms with Crippen LogP contribution >= 0.6 is 0 Å². The Bertz CT molecular complexity index is 719. The summed E-state index contributed by atoms with van der Waals surface area (Å²) in [6.07, 6.45) is 1.44. The molecule has 1 N–H and O–H groups in total. The summed E-state index contributed by atoms with van der Waals surface area (Å²) in [6.45, 7) is 6.27. The minimum absolute atomic E-state index is 0.0172.